The van der Waals surface area contributed by atoms with Gasteiger partial charge in [0.05, 0.1) is 0 Å². The van der Waals surface area contributed by atoms with Crippen molar-refractivity contribution in [2.75, 3.05) is 0 Å². The number of hydrogen-bond donors (Lipinski definition) is 0. The summed E-state index contributed by atoms with van der Waals surface area (Å²) in [6.07, 6.45) is 3.52. The Morgan fingerprint density at radius 2 is 2.50 bits per heavy atom. The summed E-state index contributed by atoms with van der Waals surface area (Å²) in [4.78, 5) is 0. The molecule has 0 N–H and O–H groups in total. The Balaban J connectivity index is 3.05. The first-order valence-electron chi connectivity index (χ1n) is 1.88. The van der Waals surface area contributed by atoms with Crippen LogP contribution in [0.1, 0.15) is 0 Å². The maximum absolute atomic E-state index is 4.77. The Morgan fingerprint density at radius 1 is 1.67 bits per heavy atom. The van der Waals surface area contributed by atoms with E-state index in [9.17, 15) is 0 Å². The molecule has 0 spiro atoms. The van der Waals surface area contributed by atoms with Gasteiger partial charge >= 0.3 is 49.1 Å². The average molecular weight is 189 g/mol. The molecule has 0 aromatic carbocycles. The van der Waals surface area contributed by atoms with Gasteiger partial charge in [-0.05, 0) is 0 Å². The summed E-state index contributed by atoms with van der Waals surface area (Å²) in [5, 5.41) is 0. The Bertz CT molecular complexity index is 111. The van der Waals surface area contributed by atoms with E-state index in [0.717, 1.165) is 0 Å². The monoisotopic (exact) mass is 190 g/mol. The van der Waals surface area contributed by atoms with Crippen LogP contribution in [0.5, 0.6) is 0 Å². The minimum absolute atomic E-state index is 0.648. The van der Waals surface area contributed by atoms with Crippen LogP contribution >= 0.6 is 0 Å². The zero-order valence-electron chi connectivity index (χ0n) is 3.64. The van der Waals surface area contributed by atoms with E-state index in [4.69, 9.17) is 4.42 Å². The van der Waals surface area contributed by atoms with Crippen LogP contribution in [0.15, 0.2) is 23.0 Å². The molecule has 0 saturated carbocycles. The molecule has 0 aliphatic rings. The second-order valence-corrected chi connectivity index (χ2v) is 4.60. The summed E-state index contributed by atoms with van der Waals surface area (Å²) in [5.74, 6) is 0. The van der Waals surface area contributed by atoms with Crippen molar-refractivity contribution in [3.05, 3.63) is 18.6 Å². The number of hydrogen-bond acceptors (Lipinski definition) is 1. The van der Waals surface area contributed by atoms with Gasteiger partial charge in [0.1, 0.15) is 0 Å². The molecule has 0 aliphatic carbocycles. The van der Waals surface area contributed by atoms with Crippen LogP contribution in [0.3, 0.4) is 0 Å². The molecule has 0 bridgehead atoms. The molecule has 1 nitrogen and oxygen atoms in total. The van der Waals surface area contributed by atoms with Gasteiger partial charge < -0.3 is 0 Å². The normalized spacial score (nSPS) is 9.33. The molecule has 1 heterocycles. The Kier molecular flexibility index (Phi) is 1.19. The van der Waals surface area contributed by atoms with Gasteiger partial charge in [-0.25, -0.2) is 0 Å². The fourth-order valence-corrected chi connectivity index (χ4v) is 1.11. The molecule has 1 rings (SSSR count). The molecular weight excluding hydrogens is 183 g/mol. The fourth-order valence-electron chi connectivity index (χ4n) is 0.333. The molecule has 0 atom stereocenters. The molecule has 32 valence electrons. The molecule has 2 heteroatoms. The number of furan rings is 1. The van der Waals surface area contributed by atoms with Gasteiger partial charge in [-0.3, -0.25) is 0 Å². The first kappa shape index (κ1) is 4.24. The van der Waals surface area contributed by atoms with Gasteiger partial charge in [-0.15, -0.1) is 0 Å². The van der Waals surface area contributed by atoms with E-state index in [1.165, 1.54) is 3.58 Å². The summed E-state index contributed by atoms with van der Waals surface area (Å²) in [6.45, 7) is 0. The van der Waals surface area contributed by atoms with E-state index in [0.29, 0.717) is 22.5 Å². The second-order valence-electron chi connectivity index (χ2n) is 1.30. The number of rotatable bonds is 0. The quantitative estimate of drug-likeness (QED) is 0.490. The van der Waals surface area contributed by atoms with Gasteiger partial charge in [0.15, 0.2) is 0 Å². The van der Waals surface area contributed by atoms with Gasteiger partial charge in [-0.1, -0.05) is 0 Å². The van der Waals surface area contributed by atoms with Crippen LogP contribution in [0.25, 0.3) is 0 Å². The van der Waals surface area contributed by atoms with Crippen molar-refractivity contribution in [3.8, 4) is 0 Å². The van der Waals surface area contributed by atoms with E-state index >= 15 is 0 Å². The van der Waals surface area contributed by atoms with E-state index in [-0.39, 0.29) is 0 Å². The first-order valence-corrected chi connectivity index (χ1v) is 4.74. The van der Waals surface area contributed by atoms with Crippen LogP contribution in [-0.4, -0.2) is 22.5 Å². The maximum atomic E-state index is 4.77. The van der Waals surface area contributed by atoms with Crippen molar-refractivity contribution in [2.24, 2.45) is 0 Å². The van der Waals surface area contributed by atoms with Gasteiger partial charge in [0.2, 0.25) is 0 Å². The summed E-state index contributed by atoms with van der Waals surface area (Å²) in [6, 6.07) is 2.01. The van der Waals surface area contributed by atoms with Gasteiger partial charge in [0, 0.05) is 0 Å². The average Bonchev–Trinajstić information content (AvgIpc) is 1.86. The SMILES string of the molecule is [SnH3][c]1ccoc1. The summed E-state index contributed by atoms with van der Waals surface area (Å²) in [7, 11) is 0. The molecule has 0 aliphatic heterocycles. The van der Waals surface area contributed by atoms with Crippen molar-refractivity contribution in [3.63, 3.8) is 0 Å². The van der Waals surface area contributed by atoms with Crippen molar-refractivity contribution in [1.29, 1.82) is 0 Å². The summed E-state index contributed by atoms with van der Waals surface area (Å²) >= 11 is 0.648. The van der Waals surface area contributed by atoms with Crippen LogP contribution in [0.2, 0.25) is 0 Å². The zero-order chi connectivity index (χ0) is 4.41. The topological polar surface area (TPSA) is 13.1 Å². The van der Waals surface area contributed by atoms with E-state index < -0.39 is 0 Å². The van der Waals surface area contributed by atoms with E-state index in [1.807, 2.05) is 6.07 Å². The van der Waals surface area contributed by atoms with E-state index in [1.54, 1.807) is 12.5 Å². The Labute approximate surface area is 49.4 Å². The molecule has 0 fully saturated rings. The van der Waals surface area contributed by atoms with Crippen molar-refractivity contribution in [2.45, 2.75) is 0 Å². The third-order valence-electron chi connectivity index (χ3n) is 0.663. The fraction of sp³-hybridized carbons (Fsp3) is 0. The predicted octanol–water partition coefficient (Wildman–Crippen LogP) is -0.730. The van der Waals surface area contributed by atoms with Crippen molar-refractivity contribution < 1.29 is 4.42 Å². The third kappa shape index (κ3) is 0.772. The van der Waals surface area contributed by atoms with Crippen LogP contribution in [0.4, 0.5) is 0 Å². The Morgan fingerprint density at radius 3 is 2.67 bits per heavy atom. The van der Waals surface area contributed by atoms with Crippen LogP contribution in [0, 0.1) is 0 Å². The second kappa shape index (κ2) is 1.69. The molecular formula is C4H6OSn. The Hall–Kier alpha value is 0.0787. The van der Waals surface area contributed by atoms with E-state index in [2.05, 4.69) is 0 Å². The molecule has 1 aromatic heterocycles. The van der Waals surface area contributed by atoms with Crippen LogP contribution in [-0.2, 0) is 0 Å². The zero-order valence-corrected chi connectivity index (χ0v) is 9.35. The van der Waals surface area contributed by atoms with Crippen molar-refractivity contribution in [1.82, 2.24) is 0 Å². The molecule has 0 amide bonds. The molecule has 6 heavy (non-hydrogen) atoms. The van der Waals surface area contributed by atoms with Gasteiger partial charge in [0.25, 0.3) is 0 Å². The summed E-state index contributed by atoms with van der Waals surface area (Å²) in [5.41, 5.74) is 0. The van der Waals surface area contributed by atoms with Crippen molar-refractivity contribution >= 4 is 26.1 Å². The molecule has 0 unspecified atom stereocenters. The first-order chi connectivity index (χ1) is 2.89. The predicted molar refractivity (Wildman–Crippen MR) is 28.3 cm³/mol. The molecule has 0 saturated heterocycles. The molecule has 0 radical (unpaired) electrons. The van der Waals surface area contributed by atoms with Gasteiger partial charge in [-0.2, -0.15) is 0 Å². The minimum atomic E-state index is 0.648. The third-order valence-corrected chi connectivity index (χ3v) is 2.29. The molecule has 1 aromatic rings. The standard InChI is InChI=1S/C4H3O.Sn.3H/c1-2-4-5-3-1;;;;/h1,3-4H;;;;. The summed E-state index contributed by atoms with van der Waals surface area (Å²) < 4.78 is 6.15. The van der Waals surface area contributed by atoms with Crippen LogP contribution < -0.4 is 3.58 Å².